The molecule has 2 heterocycles. The van der Waals surface area contributed by atoms with Crippen molar-refractivity contribution < 1.29 is 9.53 Å². The van der Waals surface area contributed by atoms with Gasteiger partial charge in [-0.2, -0.15) is 5.26 Å². The molecule has 0 aliphatic carbocycles. The molecule has 0 bridgehead atoms. The molecule has 0 spiro atoms. The number of nitrogens with zero attached hydrogens (tertiary/aromatic N) is 1. The molecule has 1 saturated heterocycles. The van der Waals surface area contributed by atoms with E-state index >= 15 is 0 Å². The molecular weight excluding hydrogens is 272 g/mol. The van der Waals surface area contributed by atoms with Crippen LogP contribution in [0.3, 0.4) is 0 Å². The summed E-state index contributed by atoms with van der Waals surface area (Å²) in [6, 6.07) is 6.29. The van der Waals surface area contributed by atoms with Gasteiger partial charge in [0.25, 0.3) is 0 Å². The van der Waals surface area contributed by atoms with E-state index in [1.54, 1.807) is 11.3 Å². The predicted octanol–water partition coefficient (Wildman–Crippen LogP) is 2.46. The van der Waals surface area contributed by atoms with Crippen molar-refractivity contribution in [2.24, 2.45) is 5.41 Å². The molecule has 0 radical (unpaired) electrons. The van der Waals surface area contributed by atoms with Crippen LogP contribution >= 0.6 is 11.3 Å². The SMILES string of the molecule is CC(C)(CNC(=O)C1(C#N)CCOCC1)c1cccs1. The van der Waals surface area contributed by atoms with Gasteiger partial charge in [-0.3, -0.25) is 4.79 Å². The zero-order valence-corrected chi connectivity index (χ0v) is 12.8. The third-order valence-electron chi connectivity index (χ3n) is 3.87. The van der Waals surface area contributed by atoms with Gasteiger partial charge in [0.05, 0.1) is 6.07 Å². The minimum Gasteiger partial charge on any atom is -0.381 e. The highest BCUT2D eigenvalue weighted by atomic mass is 32.1. The van der Waals surface area contributed by atoms with Crippen LogP contribution in [0.4, 0.5) is 0 Å². The Morgan fingerprint density at radius 3 is 2.80 bits per heavy atom. The largest absolute Gasteiger partial charge is 0.381 e. The number of nitriles is 1. The summed E-state index contributed by atoms with van der Waals surface area (Å²) in [4.78, 5) is 13.6. The molecule has 2 rings (SSSR count). The molecule has 0 atom stereocenters. The van der Waals surface area contributed by atoms with Crippen LogP contribution in [0.5, 0.6) is 0 Å². The Morgan fingerprint density at radius 1 is 1.55 bits per heavy atom. The zero-order valence-electron chi connectivity index (χ0n) is 11.9. The Bertz CT molecular complexity index is 496. The van der Waals surface area contributed by atoms with E-state index in [4.69, 9.17) is 4.74 Å². The lowest BCUT2D eigenvalue weighted by atomic mass is 9.80. The monoisotopic (exact) mass is 292 g/mol. The summed E-state index contributed by atoms with van der Waals surface area (Å²) in [6.07, 6.45) is 0.962. The van der Waals surface area contributed by atoms with Crippen LogP contribution in [-0.4, -0.2) is 25.7 Å². The number of nitrogens with one attached hydrogen (secondary N) is 1. The number of rotatable bonds is 4. The normalized spacial score (nSPS) is 18.2. The highest BCUT2D eigenvalue weighted by molar-refractivity contribution is 7.10. The van der Waals surface area contributed by atoms with Crippen molar-refractivity contribution in [3.05, 3.63) is 22.4 Å². The van der Waals surface area contributed by atoms with Gasteiger partial charge < -0.3 is 10.1 Å². The van der Waals surface area contributed by atoms with Gasteiger partial charge >= 0.3 is 0 Å². The topological polar surface area (TPSA) is 62.1 Å². The Hall–Kier alpha value is -1.38. The minimum atomic E-state index is -0.913. The smallest absolute Gasteiger partial charge is 0.240 e. The fourth-order valence-electron chi connectivity index (χ4n) is 2.33. The third kappa shape index (κ3) is 3.02. The molecule has 1 aromatic rings. The zero-order chi connectivity index (χ0) is 14.6. The van der Waals surface area contributed by atoms with E-state index in [0.717, 1.165) is 0 Å². The Kier molecular flexibility index (Phi) is 4.46. The summed E-state index contributed by atoms with van der Waals surface area (Å²) < 4.78 is 5.25. The molecule has 1 fully saturated rings. The number of hydrogen-bond donors (Lipinski definition) is 1. The average Bonchev–Trinajstić information content (AvgIpc) is 3.00. The Morgan fingerprint density at radius 2 is 2.25 bits per heavy atom. The van der Waals surface area contributed by atoms with Gasteiger partial charge in [-0.15, -0.1) is 11.3 Å². The van der Waals surface area contributed by atoms with Crippen LogP contribution in [0, 0.1) is 16.7 Å². The highest BCUT2D eigenvalue weighted by Crippen LogP contribution is 2.31. The first-order valence-electron chi connectivity index (χ1n) is 6.81. The number of carbonyl (C=O) groups is 1. The van der Waals surface area contributed by atoms with Crippen molar-refractivity contribution in [1.82, 2.24) is 5.32 Å². The standard InChI is InChI=1S/C15H20N2O2S/c1-14(2,12-4-3-9-20-12)11-17-13(18)15(10-16)5-7-19-8-6-15/h3-4,9H,5-8,11H2,1-2H3,(H,17,18). The number of ether oxygens (including phenoxy) is 1. The fraction of sp³-hybridized carbons (Fsp3) is 0.600. The van der Waals surface area contributed by atoms with Crippen molar-refractivity contribution in [2.75, 3.05) is 19.8 Å². The quantitative estimate of drug-likeness (QED) is 0.927. The number of thiophene rings is 1. The molecule has 1 amide bonds. The molecule has 0 unspecified atom stereocenters. The number of amides is 1. The number of hydrogen-bond acceptors (Lipinski definition) is 4. The molecular formula is C15H20N2O2S. The van der Waals surface area contributed by atoms with E-state index in [1.165, 1.54) is 4.88 Å². The van der Waals surface area contributed by atoms with Crippen LogP contribution in [-0.2, 0) is 14.9 Å². The highest BCUT2D eigenvalue weighted by Gasteiger charge is 2.41. The maximum absolute atomic E-state index is 12.4. The second-order valence-corrected chi connectivity index (χ2v) is 6.80. The molecule has 1 aliphatic rings. The first-order valence-corrected chi connectivity index (χ1v) is 7.69. The predicted molar refractivity (Wildman–Crippen MR) is 78.5 cm³/mol. The van der Waals surface area contributed by atoms with Crippen molar-refractivity contribution >= 4 is 17.2 Å². The van der Waals surface area contributed by atoms with Gasteiger partial charge in [0, 0.05) is 30.1 Å². The van der Waals surface area contributed by atoms with Crippen LogP contribution in [0.1, 0.15) is 31.6 Å². The lowest BCUT2D eigenvalue weighted by Crippen LogP contribution is -2.47. The summed E-state index contributed by atoms with van der Waals surface area (Å²) in [7, 11) is 0. The van der Waals surface area contributed by atoms with Crippen molar-refractivity contribution in [2.45, 2.75) is 32.1 Å². The van der Waals surface area contributed by atoms with Crippen molar-refractivity contribution in [1.29, 1.82) is 5.26 Å². The molecule has 0 aromatic carbocycles. The maximum Gasteiger partial charge on any atom is 0.240 e. The van der Waals surface area contributed by atoms with Crippen molar-refractivity contribution in [3.8, 4) is 6.07 Å². The third-order valence-corrected chi connectivity index (χ3v) is 5.11. The summed E-state index contributed by atoms with van der Waals surface area (Å²) in [5.41, 5.74) is -1.03. The van der Waals surface area contributed by atoms with E-state index in [2.05, 4.69) is 31.3 Å². The van der Waals surface area contributed by atoms with Gasteiger partial charge in [-0.1, -0.05) is 19.9 Å². The second-order valence-electron chi connectivity index (χ2n) is 5.85. The summed E-state index contributed by atoms with van der Waals surface area (Å²) in [5.74, 6) is -0.159. The van der Waals surface area contributed by atoms with Gasteiger partial charge in [0.1, 0.15) is 5.41 Å². The maximum atomic E-state index is 12.4. The molecule has 1 N–H and O–H groups in total. The summed E-state index contributed by atoms with van der Waals surface area (Å²) in [6.45, 7) is 5.70. The van der Waals surface area contributed by atoms with E-state index in [9.17, 15) is 10.1 Å². The molecule has 5 heteroatoms. The van der Waals surface area contributed by atoms with Crippen LogP contribution in [0.25, 0.3) is 0 Å². The first-order chi connectivity index (χ1) is 9.50. The molecule has 0 saturated carbocycles. The van der Waals surface area contributed by atoms with E-state index in [0.29, 0.717) is 32.6 Å². The summed E-state index contributed by atoms with van der Waals surface area (Å²) >= 11 is 1.69. The van der Waals surface area contributed by atoms with Crippen LogP contribution in [0.2, 0.25) is 0 Å². The van der Waals surface area contributed by atoms with E-state index < -0.39 is 5.41 Å². The summed E-state index contributed by atoms with van der Waals surface area (Å²) in [5, 5.41) is 14.4. The van der Waals surface area contributed by atoms with Gasteiger partial charge in [0.15, 0.2) is 0 Å². The molecule has 108 valence electrons. The molecule has 1 aliphatic heterocycles. The van der Waals surface area contributed by atoms with Gasteiger partial charge in [0.2, 0.25) is 5.91 Å². The van der Waals surface area contributed by atoms with E-state index in [1.807, 2.05) is 11.4 Å². The average molecular weight is 292 g/mol. The van der Waals surface area contributed by atoms with Gasteiger partial charge in [-0.05, 0) is 24.3 Å². The second kappa shape index (κ2) is 5.94. The molecule has 1 aromatic heterocycles. The van der Waals surface area contributed by atoms with Crippen LogP contribution < -0.4 is 5.32 Å². The minimum absolute atomic E-state index is 0.119. The number of carbonyl (C=O) groups excluding carboxylic acids is 1. The Balaban J connectivity index is 2.00. The van der Waals surface area contributed by atoms with Crippen molar-refractivity contribution in [3.63, 3.8) is 0 Å². The van der Waals surface area contributed by atoms with E-state index in [-0.39, 0.29) is 11.3 Å². The molecule has 4 nitrogen and oxygen atoms in total. The molecule has 20 heavy (non-hydrogen) atoms. The fourth-order valence-corrected chi connectivity index (χ4v) is 3.18. The van der Waals surface area contributed by atoms with Crippen LogP contribution in [0.15, 0.2) is 17.5 Å². The lowest BCUT2D eigenvalue weighted by molar-refractivity contribution is -0.132. The van der Waals surface area contributed by atoms with Gasteiger partial charge in [-0.25, -0.2) is 0 Å². The lowest BCUT2D eigenvalue weighted by Gasteiger charge is -2.31. The Labute approximate surface area is 123 Å². The first kappa shape index (κ1) is 15.0.